The van der Waals surface area contributed by atoms with Crippen molar-refractivity contribution in [1.82, 2.24) is 10.6 Å². The van der Waals surface area contributed by atoms with Gasteiger partial charge in [-0.1, -0.05) is 13.8 Å². The number of rotatable bonds is 7. The van der Waals surface area contributed by atoms with Crippen molar-refractivity contribution < 1.29 is 14.3 Å². The van der Waals surface area contributed by atoms with E-state index in [0.29, 0.717) is 12.5 Å². The lowest BCUT2D eigenvalue weighted by atomic mass is 10.2. The Kier molecular flexibility index (Phi) is 7.54. The van der Waals surface area contributed by atoms with E-state index in [1.54, 1.807) is 6.92 Å². The van der Waals surface area contributed by atoms with E-state index in [2.05, 4.69) is 15.4 Å². The van der Waals surface area contributed by atoms with Gasteiger partial charge in [-0.2, -0.15) is 0 Å². The molecule has 2 N–H and O–H groups in total. The molecule has 0 spiro atoms. The van der Waals surface area contributed by atoms with Crippen LogP contribution in [0.25, 0.3) is 0 Å². The number of esters is 1. The molecule has 100 valence electrons. The molecule has 17 heavy (non-hydrogen) atoms. The monoisotopic (exact) mass is 244 g/mol. The SMILES string of the molecule is COC(=O)CC(C)NC(C)C(=O)NCC(C)C. The van der Waals surface area contributed by atoms with Crippen molar-refractivity contribution in [2.24, 2.45) is 5.92 Å². The second kappa shape index (κ2) is 8.06. The van der Waals surface area contributed by atoms with Gasteiger partial charge in [0, 0.05) is 12.6 Å². The second-order valence-corrected chi connectivity index (χ2v) is 4.71. The fourth-order valence-electron chi connectivity index (χ4n) is 1.35. The lowest BCUT2D eigenvalue weighted by molar-refractivity contribution is -0.141. The Hall–Kier alpha value is -1.10. The van der Waals surface area contributed by atoms with Gasteiger partial charge in [0.25, 0.3) is 0 Å². The van der Waals surface area contributed by atoms with Crippen LogP contribution < -0.4 is 10.6 Å². The van der Waals surface area contributed by atoms with Crippen molar-refractivity contribution in [3.05, 3.63) is 0 Å². The van der Waals surface area contributed by atoms with Gasteiger partial charge in [-0.05, 0) is 19.8 Å². The number of hydrogen-bond donors (Lipinski definition) is 2. The first-order chi connectivity index (χ1) is 7.86. The largest absolute Gasteiger partial charge is 0.469 e. The summed E-state index contributed by atoms with van der Waals surface area (Å²) < 4.78 is 4.56. The standard InChI is InChI=1S/C12H24N2O3/c1-8(2)7-13-12(16)10(4)14-9(3)6-11(15)17-5/h8-10,14H,6-7H2,1-5H3,(H,13,16). The van der Waals surface area contributed by atoms with Gasteiger partial charge in [-0.15, -0.1) is 0 Å². The Morgan fingerprint density at radius 2 is 1.76 bits per heavy atom. The van der Waals surface area contributed by atoms with Crippen LogP contribution in [0.1, 0.15) is 34.1 Å². The van der Waals surface area contributed by atoms with Crippen molar-refractivity contribution in [1.29, 1.82) is 0 Å². The maximum absolute atomic E-state index is 11.6. The second-order valence-electron chi connectivity index (χ2n) is 4.71. The summed E-state index contributed by atoms with van der Waals surface area (Å²) in [5, 5.41) is 5.89. The van der Waals surface area contributed by atoms with Crippen LogP contribution >= 0.6 is 0 Å². The molecule has 2 atom stereocenters. The van der Waals surface area contributed by atoms with E-state index < -0.39 is 0 Å². The van der Waals surface area contributed by atoms with Crippen molar-refractivity contribution >= 4 is 11.9 Å². The minimum Gasteiger partial charge on any atom is -0.469 e. The van der Waals surface area contributed by atoms with Gasteiger partial charge < -0.3 is 15.4 Å². The van der Waals surface area contributed by atoms with Gasteiger partial charge in [0.15, 0.2) is 0 Å². The van der Waals surface area contributed by atoms with Crippen LogP contribution in [-0.4, -0.2) is 37.6 Å². The van der Waals surface area contributed by atoms with E-state index in [1.807, 2.05) is 20.8 Å². The van der Waals surface area contributed by atoms with Crippen LogP contribution in [-0.2, 0) is 14.3 Å². The van der Waals surface area contributed by atoms with Gasteiger partial charge >= 0.3 is 5.97 Å². The molecule has 0 aliphatic heterocycles. The maximum Gasteiger partial charge on any atom is 0.307 e. The highest BCUT2D eigenvalue weighted by Crippen LogP contribution is 1.96. The number of nitrogens with one attached hydrogen (secondary N) is 2. The van der Waals surface area contributed by atoms with E-state index in [-0.39, 0.29) is 30.4 Å². The smallest absolute Gasteiger partial charge is 0.307 e. The van der Waals surface area contributed by atoms with E-state index in [1.165, 1.54) is 7.11 Å². The zero-order valence-electron chi connectivity index (χ0n) is 11.4. The van der Waals surface area contributed by atoms with E-state index in [4.69, 9.17) is 0 Å². The summed E-state index contributed by atoms with van der Waals surface area (Å²) >= 11 is 0. The third kappa shape index (κ3) is 7.74. The van der Waals surface area contributed by atoms with Crippen LogP contribution in [0.4, 0.5) is 0 Å². The predicted octanol–water partition coefficient (Wildman–Crippen LogP) is 0.688. The normalized spacial score (nSPS) is 14.2. The van der Waals surface area contributed by atoms with Gasteiger partial charge in [0.05, 0.1) is 19.6 Å². The topological polar surface area (TPSA) is 67.4 Å². The van der Waals surface area contributed by atoms with Gasteiger partial charge in [0.2, 0.25) is 5.91 Å². The summed E-state index contributed by atoms with van der Waals surface area (Å²) in [6.45, 7) is 8.37. The van der Waals surface area contributed by atoms with Gasteiger partial charge in [-0.3, -0.25) is 9.59 Å². The molecule has 5 heteroatoms. The van der Waals surface area contributed by atoms with Crippen LogP contribution in [0.5, 0.6) is 0 Å². The van der Waals surface area contributed by atoms with E-state index >= 15 is 0 Å². The average molecular weight is 244 g/mol. The van der Waals surface area contributed by atoms with E-state index in [0.717, 1.165) is 0 Å². The molecule has 0 aromatic rings. The van der Waals surface area contributed by atoms with Crippen LogP contribution in [0, 0.1) is 5.92 Å². The summed E-state index contributed by atoms with van der Waals surface area (Å²) in [5.41, 5.74) is 0. The Labute approximate surface area is 103 Å². The van der Waals surface area contributed by atoms with Gasteiger partial charge in [-0.25, -0.2) is 0 Å². The number of carbonyl (C=O) groups excluding carboxylic acids is 2. The van der Waals surface area contributed by atoms with Crippen molar-refractivity contribution in [2.75, 3.05) is 13.7 Å². The highest BCUT2D eigenvalue weighted by molar-refractivity contribution is 5.81. The Balaban J connectivity index is 3.94. The summed E-state index contributed by atoms with van der Waals surface area (Å²) in [5.74, 6) is 0.105. The average Bonchev–Trinajstić information content (AvgIpc) is 2.25. The lowest BCUT2D eigenvalue weighted by Crippen LogP contribution is -2.47. The summed E-state index contributed by atoms with van der Waals surface area (Å²) in [4.78, 5) is 22.7. The molecule has 0 bridgehead atoms. The van der Waals surface area contributed by atoms with Crippen LogP contribution in [0.3, 0.4) is 0 Å². The number of hydrogen-bond acceptors (Lipinski definition) is 4. The zero-order chi connectivity index (χ0) is 13.4. The van der Waals surface area contributed by atoms with Crippen LogP contribution in [0.2, 0.25) is 0 Å². The minimum atomic E-state index is -0.312. The number of methoxy groups -OCH3 is 1. The number of amides is 1. The third-order valence-electron chi connectivity index (χ3n) is 2.31. The molecule has 0 heterocycles. The first kappa shape index (κ1) is 15.9. The molecule has 1 amide bonds. The molecule has 0 aliphatic rings. The fourth-order valence-corrected chi connectivity index (χ4v) is 1.35. The first-order valence-corrected chi connectivity index (χ1v) is 5.97. The molecule has 5 nitrogen and oxygen atoms in total. The molecule has 0 aromatic carbocycles. The fraction of sp³-hybridized carbons (Fsp3) is 0.833. The van der Waals surface area contributed by atoms with Crippen LogP contribution in [0.15, 0.2) is 0 Å². The molecule has 0 aromatic heterocycles. The Bertz CT molecular complexity index is 254. The minimum absolute atomic E-state index is 0.0459. The zero-order valence-corrected chi connectivity index (χ0v) is 11.4. The molecule has 0 saturated heterocycles. The third-order valence-corrected chi connectivity index (χ3v) is 2.31. The maximum atomic E-state index is 11.6. The molecular weight excluding hydrogens is 220 g/mol. The van der Waals surface area contributed by atoms with Gasteiger partial charge in [0.1, 0.15) is 0 Å². The lowest BCUT2D eigenvalue weighted by Gasteiger charge is -2.19. The molecule has 2 unspecified atom stereocenters. The summed E-state index contributed by atoms with van der Waals surface area (Å²) in [7, 11) is 1.35. The highest BCUT2D eigenvalue weighted by Gasteiger charge is 2.17. The predicted molar refractivity (Wildman–Crippen MR) is 66.5 cm³/mol. The molecule has 0 rings (SSSR count). The van der Waals surface area contributed by atoms with Crippen molar-refractivity contribution in [3.63, 3.8) is 0 Å². The number of ether oxygens (including phenoxy) is 1. The number of carbonyl (C=O) groups is 2. The molecular formula is C12H24N2O3. The first-order valence-electron chi connectivity index (χ1n) is 5.97. The molecule has 0 saturated carbocycles. The molecule has 0 aliphatic carbocycles. The summed E-state index contributed by atoms with van der Waals surface area (Å²) in [6.07, 6.45) is 0.262. The Morgan fingerprint density at radius 1 is 1.18 bits per heavy atom. The van der Waals surface area contributed by atoms with Crippen molar-refractivity contribution in [3.8, 4) is 0 Å². The van der Waals surface area contributed by atoms with E-state index in [9.17, 15) is 9.59 Å². The van der Waals surface area contributed by atoms with Crippen molar-refractivity contribution in [2.45, 2.75) is 46.2 Å². The molecule has 0 radical (unpaired) electrons. The Morgan fingerprint density at radius 3 is 2.24 bits per heavy atom. The quantitative estimate of drug-likeness (QED) is 0.647. The molecule has 0 fully saturated rings. The summed E-state index contributed by atoms with van der Waals surface area (Å²) in [6, 6.07) is -0.393. The highest BCUT2D eigenvalue weighted by atomic mass is 16.5.